The minimum atomic E-state index is 0.0914. The Hall–Kier alpha value is -1.90. The normalized spacial score (nSPS) is 31.3. The van der Waals surface area contributed by atoms with Crippen molar-refractivity contribution in [3.8, 4) is 0 Å². The molecule has 21 heavy (non-hydrogen) atoms. The molecular weight excluding hydrogens is 260 g/mol. The van der Waals surface area contributed by atoms with Crippen LogP contribution in [-0.4, -0.2) is 12.1 Å². The summed E-state index contributed by atoms with van der Waals surface area (Å²) in [6.07, 6.45) is 10.4. The zero-order valence-corrected chi connectivity index (χ0v) is 12.5. The molecule has 3 heteroatoms. The number of benzene rings is 1. The molecule has 2 saturated carbocycles. The molecule has 3 nitrogen and oxygen atoms in total. The highest BCUT2D eigenvalue weighted by Crippen LogP contribution is 2.66. The molecule has 2 aliphatic rings. The lowest BCUT2D eigenvalue weighted by Gasteiger charge is -2.15. The highest BCUT2D eigenvalue weighted by Gasteiger charge is 2.64. The van der Waals surface area contributed by atoms with Crippen LogP contribution in [0.2, 0.25) is 0 Å². The zero-order valence-electron chi connectivity index (χ0n) is 12.5. The second kappa shape index (κ2) is 5.84. The van der Waals surface area contributed by atoms with Crippen LogP contribution in [0.5, 0.6) is 0 Å². The molecule has 3 rings (SSSR count). The third-order valence-electron chi connectivity index (χ3n) is 5.04. The van der Waals surface area contributed by atoms with Gasteiger partial charge in [0.05, 0.1) is 0 Å². The second-order valence-electron chi connectivity index (χ2n) is 6.36. The second-order valence-corrected chi connectivity index (χ2v) is 6.36. The summed E-state index contributed by atoms with van der Waals surface area (Å²) in [5.41, 5.74) is 4.06. The molecule has 3 atom stereocenters. The van der Waals surface area contributed by atoms with Gasteiger partial charge in [-0.1, -0.05) is 56.2 Å². The van der Waals surface area contributed by atoms with E-state index in [1.54, 1.807) is 6.21 Å². The smallest absolute Gasteiger partial charge is 0.244 e. The van der Waals surface area contributed by atoms with Crippen LogP contribution >= 0.6 is 0 Å². The van der Waals surface area contributed by atoms with Gasteiger partial charge >= 0.3 is 0 Å². The van der Waals surface area contributed by atoms with Gasteiger partial charge in [0.2, 0.25) is 5.91 Å². The largest absolute Gasteiger partial charge is 0.273 e. The molecule has 1 amide bonds. The maximum absolute atomic E-state index is 12.2. The van der Waals surface area contributed by atoms with Crippen LogP contribution in [0.4, 0.5) is 0 Å². The van der Waals surface area contributed by atoms with Crippen molar-refractivity contribution in [1.29, 1.82) is 0 Å². The van der Waals surface area contributed by atoms with Gasteiger partial charge in [0.25, 0.3) is 0 Å². The van der Waals surface area contributed by atoms with E-state index in [4.69, 9.17) is 0 Å². The number of carbonyl (C=O) groups is 1. The number of nitrogens with zero attached hydrogens (tertiary/aromatic N) is 1. The van der Waals surface area contributed by atoms with Gasteiger partial charge in [-0.3, -0.25) is 4.79 Å². The van der Waals surface area contributed by atoms with Gasteiger partial charge in [-0.05, 0) is 35.8 Å². The third-order valence-corrected chi connectivity index (χ3v) is 5.04. The Morgan fingerprint density at radius 1 is 1.33 bits per heavy atom. The SMILES string of the molecule is CC12CCCCC1C2C(=O)N/N=C/C=C/c1ccccc1. The predicted molar refractivity (Wildman–Crippen MR) is 85.7 cm³/mol. The Morgan fingerprint density at radius 2 is 2.14 bits per heavy atom. The molecule has 0 radical (unpaired) electrons. The summed E-state index contributed by atoms with van der Waals surface area (Å²) in [5, 5.41) is 4.03. The van der Waals surface area contributed by atoms with Crippen molar-refractivity contribution in [3.63, 3.8) is 0 Å². The lowest BCUT2D eigenvalue weighted by molar-refractivity contribution is -0.123. The first-order valence-electron chi connectivity index (χ1n) is 7.76. The van der Waals surface area contributed by atoms with Crippen molar-refractivity contribution >= 4 is 18.2 Å². The van der Waals surface area contributed by atoms with Crippen LogP contribution < -0.4 is 5.43 Å². The Bertz CT molecular complexity index is 564. The lowest BCUT2D eigenvalue weighted by atomic mass is 9.90. The number of nitrogens with one attached hydrogen (secondary N) is 1. The number of rotatable bonds is 4. The number of hydrazone groups is 1. The van der Waals surface area contributed by atoms with Gasteiger partial charge in [0.1, 0.15) is 0 Å². The highest BCUT2D eigenvalue weighted by atomic mass is 16.2. The molecule has 2 fully saturated rings. The topological polar surface area (TPSA) is 41.5 Å². The number of hydrogen-bond donors (Lipinski definition) is 1. The van der Waals surface area contributed by atoms with Crippen LogP contribution in [0.25, 0.3) is 6.08 Å². The van der Waals surface area contributed by atoms with Gasteiger partial charge < -0.3 is 0 Å². The molecule has 3 unspecified atom stereocenters. The van der Waals surface area contributed by atoms with Gasteiger partial charge in [-0.2, -0.15) is 5.10 Å². The minimum absolute atomic E-state index is 0.0914. The summed E-state index contributed by atoms with van der Waals surface area (Å²) < 4.78 is 0. The summed E-state index contributed by atoms with van der Waals surface area (Å²) in [7, 11) is 0. The molecule has 110 valence electrons. The maximum Gasteiger partial charge on any atom is 0.244 e. The van der Waals surface area contributed by atoms with Gasteiger partial charge in [-0.25, -0.2) is 5.43 Å². The first kappa shape index (κ1) is 14.1. The predicted octanol–water partition coefficient (Wildman–Crippen LogP) is 3.63. The van der Waals surface area contributed by atoms with E-state index in [1.807, 2.05) is 42.5 Å². The van der Waals surface area contributed by atoms with Gasteiger partial charge in [0.15, 0.2) is 0 Å². The van der Waals surface area contributed by atoms with Crippen molar-refractivity contribution in [2.45, 2.75) is 32.6 Å². The molecule has 0 heterocycles. The fraction of sp³-hybridized carbons (Fsp3) is 0.444. The molecule has 1 aromatic rings. The zero-order chi connectivity index (χ0) is 14.7. The molecule has 0 spiro atoms. The standard InChI is InChI=1S/C18H22N2O/c1-18-12-6-5-11-15(18)16(18)17(21)20-19-13-7-10-14-8-3-2-4-9-14/h2-4,7-10,13,15-16H,5-6,11-12H2,1H3,(H,20,21)/b10-7+,19-13+. The first-order valence-corrected chi connectivity index (χ1v) is 7.76. The quantitative estimate of drug-likeness (QED) is 0.665. The van der Waals surface area contributed by atoms with E-state index >= 15 is 0 Å². The number of carbonyl (C=O) groups excluding carboxylic acids is 1. The average Bonchev–Trinajstić information content (AvgIpc) is 3.13. The Balaban J connectivity index is 1.48. The number of amides is 1. The summed E-state index contributed by atoms with van der Waals surface area (Å²) in [6.45, 7) is 2.25. The van der Waals surface area contributed by atoms with Crippen LogP contribution in [0, 0.1) is 17.3 Å². The maximum atomic E-state index is 12.2. The van der Waals surface area contributed by atoms with E-state index in [9.17, 15) is 4.79 Å². The molecule has 0 aromatic heterocycles. The molecule has 0 bridgehead atoms. The number of fused-ring (bicyclic) bond motifs is 1. The van der Waals surface area contributed by atoms with Crippen molar-refractivity contribution in [3.05, 3.63) is 42.0 Å². The van der Waals surface area contributed by atoms with Gasteiger partial charge in [-0.15, -0.1) is 0 Å². The molecule has 2 aliphatic carbocycles. The molecule has 0 aliphatic heterocycles. The highest BCUT2D eigenvalue weighted by molar-refractivity contribution is 5.85. The number of hydrogen-bond acceptors (Lipinski definition) is 2. The van der Waals surface area contributed by atoms with Crippen LogP contribution in [0.15, 0.2) is 41.5 Å². The van der Waals surface area contributed by atoms with Crippen LogP contribution in [0.3, 0.4) is 0 Å². The van der Waals surface area contributed by atoms with E-state index in [1.165, 1.54) is 25.7 Å². The summed E-state index contributed by atoms with van der Waals surface area (Å²) in [6, 6.07) is 10.0. The van der Waals surface area contributed by atoms with Crippen LogP contribution in [-0.2, 0) is 4.79 Å². The van der Waals surface area contributed by atoms with E-state index in [0.717, 1.165) is 5.56 Å². The Kier molecular flexibility index (Phi) is 3.91. The van der Waals surface area contributed by atoms with E-state index in [0.29, 0.717) is 5.92 Å². The average molecular weight is 282 g/mol. The van der Waals surface area contributed by atoms with E-state index in [-0.39, 0.29) is 17.2 Å². The van der Waals surface area contributed by atoms with Crippen molar-refractivity contribution in [2.24, 2.45) is 22.4 Å². The Morgan fingerprint density at radius 3 is 2.86 bits per heavy atom. The van der Waals surface area contributed by atoms with Crippen LogP contribution in [0.1, 0.15) is 38.2 Å². The molecule has 1 aromatic carbocycles. The monoisotopic (exact) mass is 282 g/mol. The van der Waals surface area contributed by atoms with E-state index < -0.39 is 0 Å². The summed E-state index contributed by atoms with van der Waals surface area (Å²) >= 11 is 0. The fourth-order valence-electron chi connectivity index (χ4n) is 3.78. The third kappa shape index (κ3) is 2.92. The first-order chi connectivity index (χ1) is 10.2. The summed E-state index contributed by atoms with van der Waals surface area (Å²) in [5.74, 6) is 0.852. The minimum Gasteiger partial charge on any atom is -0.273 e. The Labute approximate surface area is 126 Å². The van der Waals surface area contributed by atoms with Crippen molar-refractivity contribution in [1.82, 2.24) is 5.43 Å². The van der Waals surface area contributed by atoms with Crippen molar-refractivity contribution < 1.29 is 4.79 Å². The summed E-state index contributed by atoms with van der Waals surface area (Å²) in [4.78, 5) is 12.2. The van der Waals surface area contributed by atoms with Gasteiger partial charge in [0, 0.05) is 12.1 Å². The molecule has 1 N–H and O–H groups in total. The lowest BCUT2D eigenvalue weighted by Crippen LogP contribution is -2.22. The van der Waals surface area contributed by atoms with E-state index in [2.05, 4.69) is 17.5 Å². The molecular formula is C18H22N2O. The number of allylic oxidation sites excluding steroid dienone is 1. The van der Waals surface area contributed by atoms with Crippen molar-refractivity contribution in [2.75, 3.05) is 0 Å². The fourth-order valence-corrected chi connectivity index (χ4v) is 3.78. The molecule has 0 saturated heterocycles.